The van der Waals surface area contributed by atoms with E-state index in [-0.39, 0.29) is 12.0 Å². The highest BCUT2D eigenvalue weighted by atomic mass is 32.2. The summed E-state index contributed by atoms with van der Waals surface area (Å²) in [5.74, 6) is 3.54. The van der Waals surface area contributed by atoms with E-state index in [1.807, 2.05) is 36.1 Å². The summed E-state index contributed by atoms with van der Waals surface area (Å²) in [7, 11) is 0. The molecule has 1 aliphatic carbocycles. The van der Waals surface area contributed by atoms with Crippen LogP contribution in [-0.4, -0.2) is 57.1 Å². The van der Waals surface area contributed by atoms with E-state index in [9.17, 15) is 4.79 Å². The number of rotatable bonds is 8. The average Bonchev–Trinajstić information content (AvgIpc) is 3.49. The normalized spacial score (nSPS) is 18.1. The summed E-state index contributed by atoms with van der Waals surface area (Å²) in [4.78, 5) is 14.6. The topological polar surface area (TPSA) is 69.5 Å². The van der Waals surface area contributed by atoms with Gasteiger partial charge in [0.1, 0.15) is 12.4 Å². The molecule has 2 aromatic rings. The summed E-state index contributed by atoms with van der Waals surface area (Å²) < 4.78 is 13.9. The van der Waals surface area contributed by atoms with E-state index in [0.29, 0.717) is 31.4 Å². The van der Waals surface area contributed by atoms with Gasteiger partial charge in [0.2, 0.25) is 5.91 Å². The van der Waals surface area contributed by atoms with E-state index in [1.54, 1.807) is 0 Å². The highest BCUT2D eigenvalue weighted by molar-refractivity contribution is 7.99. The van der Waals surface area contributed by atoms with Gasteiger partial charge >= 0.3 is 0 Å². The van der Waals surface area contributed by atoms with E-state index >= 15 is 0 Å². The number of para-hydroxylation sites is 2. The molecule has 1 aliphatic heterocycles. The number of nitrogens with zero attached hydrogens (tertiary/aromatic N) is 4. The molecule has 28 heavy (non-hydrogen) atoms. The quantitative estimate of drug-likeness (QED) is 0.633. The lowest BCUT2D eigenvalue weighted by Gasteiger charge is -2.30. The van der Waals surface area contributed by atoms with Gasteiger partial charge in [0.05, 0.1) is 12.3 Å². The molecular formula is C20H26N4O3S. The Morgan fingerprint density at radius 1 is 1.25 bits per heavy atom. The van der Waals surface area contributed by atoms with Crippen molar-refractivity contribution in [3.63, 3.8) is 0 Å². The number of hydrogen-bond donors (Lipinski definition) is 0. The van der Waals surface area contributed by atoms with Crippen LogP contribution in [0.5, 0.6) is 11.5 Å². The highest BCUT2D eigenvalue weighted by Crippen LogP contribution is 2.40. The van der Waals surface area contributed by atoms with Gasteiger partial charge in [-0.1, -0.05) is 23.9 Å². The maximum Gasteiger partial charge on any atom is 0.233 e. The van der Waals surface area contributed by atoms with Crippen molar-refractivity contribution in [2.45, 2.75) is 50.4 Å². The molecule has 1 atom stereocenters. The van der Waals surface area contributed by atoms with Crippen molar-refractivity contribution in [3.05, 3.63) is 30.1 Å². The van der Waals surface area contributed by atoms with Crippen LogP contribution in [0.15, 0.2) is 29.4 Å². The summed E-state index contributed by atoms with van der Waals surface area (Å²) in [5, 5.41) is 9.48. The van der Waals surface area contributed by atoms with Gasteiger partial charge in [-0.15, -0.1) is 10.2 Å². The largest absolute Gasteiger partial charge is 0.486 e. The number of aromatic nitrogens is 3. The van der Waals surface area contributed by atoms with Gasteiger partial charge in [0, 0.05) is 19.0 Å². The molecule has 1 fully saturated rings. The minimum absolute atomic E-state index is 0.0774. The third kappa shape index (κ3) is 4.11. The van der Waals surface area contributed by atoms with Crippen molar-refractivity contribution < 1.29 is 14.3 Å². The fourth-order valence-corrected chi connectivity index (χ4v) is 4.28. The molecule has 1 saturated carbocycles. The van der Waals surface area contributed by atoms with Crippen LogP contribution >= 0.6 is 11.8 Å². The first-order valence-electron chi connectivity index (χ1n) is 9.91. The number of amides is 1. The number of hydrogen-bond acceptors (Lipinski definition) is 6. The highest BCUT2D eigenvalue weighted by Gasteiger charge is 2.30. The number of carbonyl (C=O) groups excluding carboxylic acids is 1. The van der Waals surface area contributed by atoms with Crippen molar-refractivity contribution in [3.8, 4) is 11.5 Å². The van der Waals surface area contributed by atoms with Gasteiger partial charge in [-0.3, -0.25) is 4.79 Å². The fraction of sp³-hybridized carbons (Fsp3) is 0.550. The van der Waals surface area contributed by atoms with Gasteiger partial charge in [-0.25, -0.2) is 0 Å². The van der Waals surface area contributed by atoms with Crippen LogP contribution in [0, 0.1) is 0 Å². The lowest BCUT2D eigenvalue weighted by molar-refractivity contribution is -0.129. The number of thioether (sulfide) groups is 1. The molecule has 0 N–H and O–H groups in total. The van der Waals surface area contributed by atoms with Crippen LogP contribution in [0.1, 0.15) is 38.4 Å². The number of ether oxygens (including phenoxy) is 2. The SMILES string of the molecule is CCN(C[C@H]1COc2ccccc2O1)C(=O)CSc1nnc(C2CC2)n1CC. The van der Waals surface area contributed by atoms with Gasteiger partial charge in [-0.2, -0.15) is 0 Å². The van der Waals surface area contributed by atoms with Crippen LogP contribution < -0.4 is 9.47 Å². The second-order valence-corrected chi connectivity index (χ2v) is 8.02. The first-order chi connectivity index (χ1) is 13.7. The Morgan fingerprint density at radius 2 is 2.04 bits per heavy atom. The monoisotopic (exact) mass is 402 g/mol. The standard InChI is InChI=1S/C20H26N4O3S/c1-3-23(11-15-12-26-16-7-5-6-8-17(16)27-15)18(25)13-28-20-22-21-19(14-9-10-14)24(20)4-2/h5-8,14-15H,3-4,9-13H2,1-2H3/t15-/m0/s1. The van der Waals surface area contributed by atoms with Crippen molar-refractivity contribution in [2.75, 3.05) is 25.4 Å². The molecule has 1 aromatic heterocycles. The first-order valence-corrected chi connectivity index (χ1v) is 10.9. The second-order valence-electron chi connectivity index (χ2n) is 7.08. The summed E-state index contributed by atoms with van der Waals surface area (Å²) in [6.45, 7) is 6.51. The molecular weight excluding hydrogens is 376 g/mol. The zero-order valence-corrected chi connectivity index (χ0v) is 17.2. The number of fused-ring (bicyclic) bond motifs is 1. The molecule has 150 valence electrons. The summed E-state index contributed by atoms with van der Waals surface area (Å²) in [6.07, 6.45) is 2.22. The van der Waals surface area contributed by atoms with Crippen molar-refractivity contribution in [1.82, 2.24) is 19.7 Å². The minimum atomic E-state index is -0.162. The predicted molar refractivity (Wildman–Crippen MR) is 107 cm³/mol. The van der Waals surface area contributed by atoms with Crippen molar-refractivity contribution in [1.29, 1.82) is 0 Å². The maximum absolute atomic E-state index is 12.8. The molecule has 0 unspecified atom stereocenters. The number of carbonyl (C=O) groups is 1. The van der Waals surface area contributed by atoms with Crippen LogP contribution in [-0.2, 0) is 11.3 Å². The Morgan fingerprint density at radius 3 is 2.75 bits per heavy atom. The Bertz CT molecular complexity index is 837. The number of benzene rings is 1. The Labute approximate surface area is 169 Å². The molecule has 1 aromatic carbocycles. The van der Waals surface area contributed by atoms with Crippen LogP contribution in [0.3, 0.4) is 0 Å². The van der Waals surface area contributed by atoms with E-state index in [0.717, 1.165) is 29.0 Å². The summed E-state index contributed by atoms with van der Waals surface area (Å²) in [6, 6.07) is 7.63. The Balaban J connectivity index is 1.33. The second kappa shape index (κ2) is 8.43. The molecule has 0 bridgehead atoms. The van der Waals surface area contributed by atoms with E-state index in [2.05, 4.69) is 21.7 Å². The molecule has 8 heteroatoms. The van der Waals surface area contributed by atoms with Gasteiger partial charge in [0.25, 0.3) is 0 Å². The smallest absolute Gasteiger partial charge is 0.233 e. The zero-order valence-electron chi connectivity index (χ0n) is 16.3. The lowest BCUT2D eigenvalue weighted by atomic mass is 10.2. The minimum Gasteiger partial charge on any atom is -0.486 e. The Kier molecular flexibility index (Phi) is 5.75. The molecule has 0 spiro atoms. The maximum atomic E-state index is 12.8. The van der Waals surface area contributed by atoms with E-state index in [4.69, 9.17) is 9.47 Å². The fourth-order valence-electron chi connectivity index (χ4n) is 3.37. The Hall–Kier alpha value is -2.22. The van der Waals surface area contributed by atoms with Crippen LogP contribution in [0.2, 0.25) is 0 Å². The third-order valence-corrected chi connectivity index (χ3v) is 6.01. The van der Waals surface area contributed by atoms with Gasteiger partial charge in [0.15, 0.2) is 22.8 Å². The molecule has 2 heterocycles. The molecule has 4 rings (SSSR count). The summed E-state index contributed by atoms with van der Waals surface area (Å²) >= 11 is 1.47. The van der Waals surface area contributed by atoms with Gasteiger partial charge < -0.3 is 18.9 Å². The van der Waals surface area contributed by atoms with Gasteiger partial charge in [-0.05, 0) is 38.8 Å². The third-order valence-electron chi connectivity index (χ3n) is 5.05. The lowest BCUT2D eigenvalue weighted by Crippen LogP contribution is -2.44. The van der Waals surface area contributed by atoms with E-state index in [1.165, 1.54) is 24.6 Å². The molecule has 7 nitrogen and oxygen atoms in total. The summed E-state index contributed by atoms with van der Waals surface area (Å²) in [5.41, 5.74) is 0. The molecule has 0 radical (unpaired) electrons. The first kappa shape index (κ1) is 19.1. The number of likely N-dealkylation sites (N-methyl/N-ethyl adjacent to an activating group) is 1. The zero-order chi connectivity index (χ0) is 19.5. The van der Waals surface area contributed by atoms with Crippen LogP contribution in [0.4, 0.5) is 0 Å². The molecule has 0 saturated heterocycles. The van der Waals surface area contributed by atoms with Crippen molar-refractivity contribution in [2.24, 2.45) is 0 Å². The van der Waals surface area contributed by atoms with E-state index < -0.39 is 0 Å². The average molecular weight is 403 g/mol. The van der Waals surface area contributed by atoms with Crippen molar-refractivity contribution >= 4 is 17.7 Å². The predicted octanol–water partition coefficient (Wildman–Crippen LogP) is 2.96. The van der Waals surface area contributed by atoms with Crippen LogP contribution in [0.25, 0.3) is 0 Å². The molecule has 1 amide bonds. The molecule has 2 aliphatic rings.